The van der Waals surface area contributed by atoms with Crippen LogP contribution in [0.5, 0.6) is 0 Å². The largest absolute Gasteiger partial charge is 0.343 e. The highest BCUT2D eigenvalue weighted by Gasteiger charge is 2.31. The standard InChI is InChI=1S/C26H38N2O3/c1-19(2)17-21-6-8-22(9-7-21)24(29)10-11-25(30)27-15-12-23(13-16-27)26(31)28-14-4-5-20(3)18-28/h6-9,19-20,23H,4-5,10-18H2,1-3H3. The van der Waals surface area contributed by atoms with E-state index in [9.17, 15) is 14.4 Å². The van der Waals surface area contributed by atoms with Crippen LogP contribution in [0.4, 0.5) is 0 Å². The summed E-state index contributed by atoms with van der Waals surface area (Å²) in [6.07, 6.45) is 5.27. The molecule has 0 spiro atoms. The van der Waals surface area contributed by atoms with Gasteiger partial charge in [-0.25, -0.2) is 0 Å². The van der Waals surface area contributed by atoms with Crippen LogP contribution in [0.2, 0.25) is 0 Å². The molecule has 0 bridgehead atoms. The Morgan fingerprint density at radius 2 is 1.61 bits per heavy atom. The summed E-state index contributed by atoms with van der Waals surface area (Å²) in [4.78, 5) is 41.8. The fraction of sp³-hybridized carbons (Fsp3) is 0.654. The number of carbonyl (C=O) groups is 3. The second-order valence-electron chi connectivity index (χ2n) is 9.90. The van der Waals surface area contributed by atoms with Crippen molar-refractivity contribution in [1.82, 2.24) is 9.80 Å². The molecule has 3 rings (SSSR count). The van der Waals surface area contributed by atoms with Crippen LogP contribution < -0.4 is 0 Å². The van der Waals surface area contributed by atoms with Gasteiger partial charge >= 0.3 is 0 Å². The third-order valence-corrected chi connectivity index (χ3v) is 6.65. The molecule has 5 nitrogen and oxygen atoms in total. The van der Waals surface area contributed by atoms with Gasteiger partial charge in [0.25, 0.3) is 0 Å². The van der Waals surface area contributed by atoms with Gasteiger partial charge in [-0.15, -0.1) is 0 Å². The van der Waals surface area contributed by atoms with Gasteiger partial charge < -0.3 is 9.80 Å². The molecule has 2 aliphatic heterocycles. The third-order valence-electron chi connectivity index (χ3n) is 6.65. The SMILES string of the molecule is CC(C)Cc1ccc(C(=O)CCC(=O)N2CCC(C(=O)N3CCCC(C)C3)CC2)cc1. The quantitative estimate of drug-likeness (QED) is 0.609. The minimum Gasteiger partial charge on any atom is -0.343 e. The fourth-order valence-corrected chi connectivity index (χ4v) is 4.84. The van der Waals surface area contributed by atoms with Crippen LogP contribution >= 0.6 is 0 Å². The lowest BCUT2D eigenvalue weighted by atomic mass is 9.92. The number of carbonyl (C=O) groups excluding carboxylic acids is 3. The van der Waals surface area contributed by atoms with Crippen molar-refractivity contribution < 1.29 is 14.4 Å². The molecule has 0 radical (unpaired) electrons. The van der Waals surface area contributed by atoms with Gasteiger partial charge in [0, 0.05) is 50.5 Å². The fourth-order valence-electron chi connectivity index (χ4n) is 4.84. The summed E-state index contributed by atoms with van der Waals surface area (Å²) in [7, 11) is 0. The van der Waals surface area contributed by atoms with E-state index < -0.39 is 0 Å². The number of hydrogen-bond donors (Lipinski definition) is 0. The average Bonchev–Trinajstić information content (AvgIpc) is 2.77. The van der Waals surface area contributed by atoms with Crippen LogP contribution in [0, 0.1) is 17.8 Å². The second kappa shape index (κ2) is 10.9. The molecule has 0 aromatic heterocycles. The average molecular weight is 427 g/mol. The molecule has 0 aliphatic carbocycles. The summed E-state index contributed by atoms with van der Waals surface area (Å²) in [5, 5.41) is 0. The maximum atomic E-state index is 12.8. The minimum absolute atomic E-state index is 0.0220. The molecule has 2 heterocycles. The molecule has 1 unspecified atom stereocenters. The van der Waals surface area contributed by atoms with Crippen molar-refractivity contribution in [3.05, 3.63) is 35.4 Å². The highest BCUT2D eigenvalue weighted by Crippen LogP contribution is 2.24. The molecule has 31 heavy (non-hydrogen) atoms. The van der Waals surface area contributed by atoms with Gasteiger partial charge in [0.15, 0.2) is 5.78 Å². The number of likely N-dealkylation sites (tertiary alicyclic amines) is 2. The predicted octanol–water partition coefficient (Wildman–Crippen LogP) is 4.35. The first-order valence-corrected chi connectivity index (χ1v) is 12.0. The summed E-state index contributed by atoms with van der Waals surface area (Å²) in [5.41, 5.74) is 1.92. The van der Waals surface area contributed by atoms with Crippen LogP contribution in [-0.4, -0.2) is 53.6 Å². The zero-order valence-corrected chi connectivity index (χ0v) is 19.4. The normalized spacial score (nSPS) is 20.2. The zero-order chi connectivity index (χ0) is 22.4. The smallest absolute Gasteiger partial charge is 0.225 e. The minimum atomic E-state index is 0.0220. The van der Waals surface area contributed by atoms with E-state index in [2.05, 4.69) is 20.8 Å². The molecular formula is C26H38N2O3. The van der Waals surface area contributed by atoms with Gasteiger partial charge in [-0.2, -0.15) is 0 Å². The van der Waals surface area contributed by atoms with Gasteiger partial charge in [0.2, 0.25) is 11.8 Å². The first kappa shape index (κ1) is 23.5. The molecule has 1 aromatic carbocycles. The zero-order valence-electron chi connectivity index (χ0n) is 19.4. The van der Waals surface area contributed by atoms with Gasteiger partial charge in [0.1, 0.15) is 0 Å². The van der Waals surface area contributed by atoms with E-state index >= 15 is 0 Å². The third kappa shape index (κ3) is 6.65. The van der Waals surface area contributed by atoms with Crippen LogP contribution in [0.15, 0.2) is 24.3 Å². The van der Waals surface area contributed by atoms with E-state index in [-0.39, 0.29) is 36.4 Å². The van der Waals surface area contributed by atoms with Gasteiger partial charge in [-0.3, -0.25) is 14.4 Å². The molecule has 0 N–H and O–H groups in total. The Balaban J connectivity index is 1.41. The highest BCUT2D eigenvalue weighted by molar-refractivity contribution is 5.98. The number of hydrogen-bond acceptors (Lipinski definition) is 3. The van der Waals surface area contributed by atoms with E-state index in [1.165, 1.54) is 12.0 Å². The monoisotopic (exact) mass is 426 g/mol. The Bertz CT molecular complexity index is 763. The molecule has 170 valence electrons. The topological polar surface area (TPSA) is 57.7 Å². The Kier molecular flexibility index (Phi) is 8.28. The van der Waals surface area contributed by atoms with E-state index in [1.807, 2.05) is 34.1 Å². The Morgan fingerprint density at radius 1 is 0.935 bits per heavy atom. The van der Waals surface area contributed by atoms with Crippen LogP contribution in [0.25, 0.3) is 0 Å². The molecule has 0 saturated carbocycles. The van der Waals surface area contributed by atoms with Crippen molar-refractivity contribution in [1.29, 1.82) is 0 Å². The number of ketones is 1. The second-order valence-corrected chi connectivity index (χ2v) is 9.90. The number of Topliss-reactive ketones (excluding diaryl/α,β-unsaturated/α-hetero) is 1. The predicted molar refractivity (Wildman–Crippen MR) is 123 cm³/mol. The lowest BCUT2D eigenvalue weighted by Gasteiger charge is -2.37. The van der Waals surface area contributed by atoms with Crippen molar-refractivity contribution >= 4 is 17.6 Å². The summed E-state index contributed by atoms with van der Waals surface area (Å²) in [6, 6.07) is 7.78. The number of benzene rings is 1. The first-order chi connectivity index (χ1) is 14.8. The maximum Gasteiger partial charge on any atom is 0.225 e. The Hall–Kier alpha value is -2.17. The van der Waals surface area contributed by atoms with Crippen molar-refractivity contribution in [3.8, 4) is 0 Å². The number of piperidine rings is 2. The first-order valence-electron chi connectivity index (χ1n) is 12.0. The molecule has 2 aliphatic rings. The van der Waals surface area contributed by atoms with Gasteiger partial charge in [-0.1, -0.05) is 45.0 Å². The van der Waals surface area contributed by atoms with Crippen molar-refractivity contribution in [2.45, 2.75) is 65.7 Å². The van der Waals surface area contributed by atoms with Crippen LogP contribution in [0.3, 0.4) is 0 Å². The maximum absolute atomic E-state index is 12.8. The lowest BCUT2D eigenvalue weighted by molar-refractivity contribution is -0.142. The molecule has 1 aromatic rings. The van der Waals surface area contributed by atoms with E-state index in [0.717, 1.165) is 38.8 Å². The van der Waals surface area contributed by atoms with Crippen LogP contribution in [0.1, 0.15) is 75.2 Å². The summed E-state index contributed by atoms with van der Waals surface area (Å²) in [6.45, 7) is 9.56. The highest BCUT2D eigenvalue weighted by atomic mass is 16.2. The van der Waals surface area contributed by atoms with Gasteiger partial charge in [-0.05, 0) is 49.5 Å². The van der Waals surface area contributed by atoms with Crippen LogP contribution in [-0.2, 0) is 16.0 Å². The number of rotatable bonds is 7. The van der Waals surface area contributed by atoms with Crippen molar-refractivity contribution in [3.63, 3.8) is 0 Å². The lowest BCUT2D eigenvalue weighted by Crippen LogP contribution is -2.47. The molecule has 1 atom stereocenters. The molecule has 2 amide bonds. The van der Waals surface area contributed by atoms with E-state index in [4.69, 9.17) is 0 Å². The Labute approximate surface area is 187 Å². The molecule has 5 heteroatoms. The van der Waals surface area contributed by atoms with E-state index in [0.29, 0.717) is 30.5 Å². The van der Waals surface area contributed by atoms with Gasteiger partial charge in [0.05, 0.1) is 0 Å². The Morgan fingerprint density at radius 3 is 2.23 bits per heavy atom. The summed E-state index contributed by atoms with van der Waals surface area (Å²) in [5.74, 6) is 1.54. The van der Waals surface area contributed by atoms with E-state index in [1.54, 1.807) is 0 Å². The van der Waals surface area contributed by atoms with Crippen molar-refractivity contribution in [2.75, 3.05) is 26.2 Å². The molecular weight excluding hydrogens is 388 g/mol. The molecule has 2 fully saturated rings. The molecule has 2 saturated heterocycles. The number of nitrogens with zero attached hydrogens (tertiary/aromatic N) is 2. The number of amides is 2. The summed E-state index contributed by atoms with van der Waals surface area (Å²) >= 11 is 0. The van der Waals surface area contributed by atoms with Crippen molar-refractivity contribution in [2.24, 2.45) is 17.8 Å². The summed E-state index contributed by atoms with van der Waals surface area (Å²) < 4.78 is 0.